The van der Waals surface area contributed by atoms with Crippen LogP contribution in [0.15, 0.2) is 39.9 Å². The summed E-state index contributed by atoms with van der Waals surface area (Å²) in [5, 5.41) is 6.57. The van der Waals surface area contributed by atoms with Gasteiger partial charge >= 0.3 is 0 Å². The van der Waals surface area contributed by atoms with Crippen LogP contribution in [-0.4, -0.2) is 37.2 Å². The molecule has 1 aromatic heterocycles. The van der Waals surface area contributed by atoms with E-state index >= 15 is 0 Å². The third kappa shape index (κ3) is 9.05. The molecule has 28 heavy (non-hydrogen) atoms. The van der Waals surface area contributed by atoms with E-state index in [1.807, 2.05) is 12.1 Å². The van der Waals surface area contributed by atoms with Gasteiger partial charge in [0.05, 0.1) is 6.54 Å². The number of benzene rings is 1. The molecule has 1 aromatic carbocycles. The van der Waals surface area contributed by atoms with Crippen LogP contribution < -0.4 is 10.6 Å². The van der Waals surface area contributed by atoms with Crippen molar-refractivity contribution in [3.8, 4) is 11.5 Å². The van der Waals surface area contributed by atoms with Crippen LogP contribution in [0.5, 0.6) is 0 Å². The molecule has 0 atom stereocenters. The van der Waals surface area contributed by atoms with Crippen LogP contribution >= 0.6 is 24.0 Å². The van der Waals surface area contributed by atoms with Gasteiger partial charge in [0, 0.05) is 31.9 Å². The highest BCUT2D eigenvalue weighted by molar-refractivity contribution is 14.0. The van der Waals surface area contributed by atoms with Crippen molar-refractivity contribution in [2.45, 2.75) is 40.7 Å². The average Bonchev–Trinajstić information content (AvgIpc) is 3.11. The van der Waals surface area contributed by atoms with Gasteiger partial charge < -0.3 is 19.8 Å². The lowest BCUT2D eigenvalue weighted by molar-refractivity contribution is 0.108. The fourth-order valence-corrected chi connectivity index (χ4v) is 2.41. The summed E-state index contributed by atoms with van der Waals surface area (Å²) in [6.45, 7) is 12.1. The van der Waals surface area contributed by atoms with E-state index in [1.54, 1.807) is 6.26 Å². The van der Waals surface area contributed by atoms with E-state index in [-0.39, 0.29) is 24.0 Å². The monoisotopic (exact) mass is 500 g/mol. The minimum Gasteiger partial charge on any atom is -0.444 e. The van der Waals surface area contributed by atoms with E-state index < -0.39 is 0 Å². The highest BCUT2D eigenvalue weighted by atomic mass is 127. The van der Waals surface area contributed by atoms with Crippen molar-refractivity contribution in [2.75, 3.05) is 26.3 Å². The molecule has 0 bridgehead atoms. The Balaban J connectivity index is 0.00000392. The Morgan fingerprint density at radius 3 is 2.64 bits per heavy atom. The Morgan fingerprint density at radius 2 is 1.96 bits per heavy atom. The van der Waals surface area contributed by atoms with Gasteiger partial charge in [0.15, 0.2) is 5.96 Å². The van der Waals surface area contributed by atoms with Gasteiger partial charge in [-0.2, -0.15) is 0 Å². The summed E-state index contributed by atoms with van der Waals surface area (Å²) in [6, 6.07) is 8.13. The molecule has 2 aromatic rings. The van der Waals surface area contributed by atoms with E-state index in [2.05, 4.69) is 60.4 Å². The zero-order chi connectivity index (χ0) is 19.5. The molecule has 0 amide bonds. The van der Waals surface area contributed by atoms with E-state index in [0.29, 0.717) is 18.4 Å². The number of oxazole rings is 1. The smallest absolute Gasteiger partial charge is 0.226 e. The number of rotatable bonds is 10. The summed E-state index contributed by atoms with van der Waals surface area (Å²) in [7, 11) is 0. The molecule has 0 saturated carbocycles. The topological polar surface area (TPSA) is 71.7 Å². The van der Waals surface area contributed by atoms with Gasteiger partial charge in [-0.3, -0.25) is 0 Å². The first kappa shape index (κ1) is 24.4. The van der Waals surface area contributed by atoms with Crippen LogP contribution in [0.25, 0.3) is 11.5 Å². The highest BCUT2D eigenvalue weighted by Crippen LogP contribution is 2.19. The number of aryl methyl sites for hydroxylation is 1. The first-order valence-electron chi connectivity index (χ1n) is 9.69. The van der Waals surface area contributed by atoms with Crippen molar-refractivity contribution >= 4 is 29.9 Å². The summed E-state index contributed by atoms with van der Waals surface area (Å²) in [6.07, 6.45) is 2.61. The third-order valence-electron chi connectivity index (χ3n) is 3.80. The summed E-state index contributed by atoms with van der Waals surface area (Å²) in [5.74, 6) is 1.98. The number of aliphatic imine (C=N–C) groups is 1. The molecule has 7 heteroatoms. The maximum atomic E-state index is 5.60. The summed E-state index contributed by atoms with van der Waals surface area (Å²) < 4.78 is 11.2. The molecule has 0 fully saturated rings. The van der Waals surface area contributed by atoms with Gasteiger partial charge in [0.1, 0.15) is 12.0 Å². The molecule has 0 spiro atoms. The number of nitrogens with zero attached hydrogens (tertiary/aromatic N) is 2. The van der Waals surface area contributed by atoms with Gasteiger partial charge in [-0.05, 0) is 38.3 Å². The first-order chi connectivity index (χ1) is 13.1. The molecule has 1 heterocycles. The summed E-state index contributed by atoms with van der Waals surface area (Å²) in [4.78, 5) is 9.11. The first-order valence-corrected chi connectivity index (χ1v) is 9.69. The molecule has 0 aliphatic carbocycles. The number of hydrogen-bond acceptors (Lipinski definition) is 4. The average molecular weight is 500 g/mol. The van der Waals surface area contributed by atoms with E-state index in [4.69, 9.17) is 9.15 Å². The van der Waals surface area contributed by atoms with Crippen LogP contribution in [0, 0.1) is 12.8 Å². The molecule has 0 aliphatic heterocycles. The van der Waals surface area contributed by atoms with Crippen LogP contribution in [0.2, 0.25) is 0 Å². The van der Waals surface area contributed by atoms with Crippen LogP contribution in [-0.2, 0) is 11.3 Å². The molecule has 2 N–H and O–H groups in total. The Hall–Kier alpha value is -1.61. The second kappa shape index (κ2) is 13.5. The number of hydrogen-bond donors (Lipinski definition) is 2. The van der Waals surface area contributed by atoms with E-state index in [0.717, 1.165) is 49.9 Å². The zero-order valence-electron chi connectivity index (χ0n) is 17.3. The number of ether oxygens (including phenoxy) is 1. The minimum absolute atomic E-state index is 0. The van der Waals surface area contributed by atoms with Crippen LogP contribution in [0.1, 0.15) is 38.4 Å². The van der Waals surface area contributed by atoms with Crippen molar-refractivity contribution < 1.29 is 9.15 Å². The van der Waals surface area contributed by atoms with Crippen molar-refractivity contribution in [3.63, 3.8) is 0 Å². The highest BCUT2D eigenvalue weighted by Gasteiger charge is 2.06. The normalized spacial score (nSPS) is 11.4. The van der Waals surface area contributed by atoms with Gasteiger partial charge in [-0.1, -0.05) is 31.5 Å². The van der Waals surface area contributed by atoms with E-state index in [9.17, 15) is 0 Å². The Labute approximate surface area is 185 Å². The SMILES string of the molecule is CCNC(=NCc1coc(-c2ccc(C)cc2)n1)NCCCOCC(C)C.I. The Morgan fingerprint density at radius 1 is 1.21 bits per heavy atom. The van der Waals surface area contributed by atoms with E-state index in [1.165, 1.54) is 5.56 Å². The maximum absolute atomic E-state index is 5.60. The van der Waals surface area contributed by atoms with Crippen LogP contribution in [0.4, 0.5) is 0 Å². The number of nitrogens with one attached hydrogen (secondary N) is 2. The molecule has 0 aliphatic rings. The number of aromatic nitrogens is 1. The van der Waals surface area contributed by atoms with Crippen molar-refractivity contribution in [2.24, 2.45) is 10.9 Å². The molecule has 156 valence electrons. The molecule has 0 saturated heterocycles. The Bertz CT molecular complexity index is 699. The fraction of sp³-hybridized carbons (Fsp3) is 0.524. The lowest BCUT2D eigenvalue weighted by Crippen LogP contribution is -2.38. The lowest BCUT2D eigenvalue weighted by atomic mass is 10.1. The molecule has 2 rings (SSSR count). The fourth-order valence-electron chi connectivity index (χ4n) is 2.41. The minimum atomic E-state index is 0. The molecule has 6 nitrogen and oxygen atoms in total. The van der Waals surface area contributed by atoms with Gasteiger partial charge in [-0.15, -0.1) is 24.0 Å². The molecular weight excluding hydrogens is 467 g/mol. The summed E-state index contributed by atoms with van der Waals surface area (Å²) >= 11 is 0. The molecular formula is C21H33IN4O2. The zero-order valence-corrected chi connectivity index (χ0v) is 19.7. The standard InChI is InChI=1S/C21H32N4O2.HI/c1-5-22-21(23-11-6-12-26-14-16(2)3)24-13-19-15-27-20(25-19)18-9-7-17(4)8-10-18;/h7-10,15-16H,5-6,11-14H2,1-4H3,(H2,22,23,24);1H. The quantitative estimate of drug-likeness (QED) is 0.219. The van der Waals surface area contributed by atoms with Gasteiger partial charge in [-0.25, -0.2) is 9.98 Å². The number of halogens is 1. The predicted octanol–water partition coefficient (Wildman–Crippen LogP) is 4.39. The second-order valence-corrected chi connectivity index (χ2v) is 6.95. The van der Waals surface area contributed by atoms with Crippen molar-refractivity contribution in [1.29, 1.82) is 0 Å². The van der Waals surface area contributed by atoms with Crippen LogP contribution in [0.3, 0.4) is 0 Å². The maximum Gasteiger partial charge on any atom is 0.226 e. The molecule has 0 unspecified atom stereocenters. The van der Waals surface area contributed by atoms with Gasteiger partial charge in [0.2, 0.25) is 5.89 Å². The van der Waals surface area contributed by atoms with Crippen molar-refractivity contribution in [3.05, 3.63) is 41.8 Å². The lowest BCUT2D eigenvalue weighted by Gasteiger charge is -2.11. The molecule has 0 radical (unpaired) electrons. The summed E-state index contributed by atoms with van der Waals surface area (Å²) in [5.41, 5.74) is 3.00. The number of guanidine groups is 1. The largest absolute Gasteiger partial charge is 0.444 e. The van der Waals surface area contributed by atoms with Crippen molar-refractivity contribution in [1.82, 2.24) is 15.6 Å². The van der Waals surface area contributed by atoms with Gasteiger partial charge in [0.25, 0.3) is 0 Å². The predicted molar refractivity (Wildman–Crippen MR) is 125 cm³/mol. The second-order valence-electron chi connectivity index (χ2n) is 6.95. The Kier molecular flexibility index (Phi) is 11.8. The third-order valence-corrected chi connectivity index (χ3v) is 3.80.